The summed E-state index contributed by atoms with van der Waals surface area (Å²) >= 11 is 1.62. The Morgan fingerprint density at radius 2 is 2.21 bits per heavy atom. The quantitative estimate of drug-likeness (QED) is 0.536. The van der Waals surface area contributed by atoms with E-state index in [1.807, 2.05) is 17.5 Å². The highest BCUT2D eigenvalue weighted by Gasteiger charge is 2.25. The molecule has 1 aromatic carbocycles. The number of hydrogen-bond acceptors (Lipinski definition) is 5. The number of thiophene rings is 1. The summed E-state index contributed by atoms with van der Waals surface area (Å²) in [6.07, 6.45) is 1.75. The number of guanidine groups is 1. The van der Waals surface area contributed by atoms with Gasteiger partial charge in [0.25, 0.3) is 0 Å². The molecule has 1 N–H and O–H groups in total. The van der Waals surface area contributed by atoms with Gasteiger partial charge in [-0.1, -0.05) is 30.3 Å². The molecule has 0 radical (unpaired) electrons. The number of oxazole rings is 1. The molecule has 1 unspecified atom stereocenters. The van der Waals surface area contributed by atoms with Crippen LogP contribution in [-0.4, -0.2) is 42.6 Å². The number of aromatic nitrogens is 1. The molecule has 1 fully saturated rings. The monoisotopic (exact) mass is 396 g/mol. The Balaban J connectivity index is 1.39. The average molecular weight is 397 g/mol. The van der Waals surface area contributed by atoms with Gasteiger partial charge in [-0.25, -0.2) is 4.98 Å². The van der Waals surface area contributed by atoms with Crippen LogP contribution in [0.1, 0.15) is 22.9 Å². The van der Waals surface area contributed by atoms with Gasteiger partial charge >= 0.3 is 0 Å². The maximum absolute atomic E-state index is 6.03. The van der Waals surface area contributed by atoms with Crippen LogP contribution in [-0.2, 0) is 11.3 Å². The molecule has 0 bridgehead atoms. The highest BCUT2D eigenvalue weighted by molar-refractivity contribution is 7.13. The van der Waals surface area contributed by atoms with Crippen LogP contribution < -0.4 is 5.32 Å². The molecule has 146 valence electrons. The minimum absolute atomic E-state index is 0.0472. The standard InChI is InChI=1S/C21H24N4O2S/c1-15-6-3-4-7-17(15)18-13-25(9-10-26-18)21(22-2)23-12-16-14-27-20(24-16)19-8-5-11-28-19/h3-8,11,14,18H,9-10,12-13H2,1-2H3,(H,22,23). The average Bonchev–Trinajstić information content (AvgIpc) is 3.41. The first kappa shape index (κ1) is 18.7. The molecule has 1 saturated heterocycles. The summed E-state index contributed by atoms with van der Waals surface area (Å²) in [4.78, 5) is 12.3. The molecule has 4 rings (SSSR count). The second-order valence-electron chi connectivity index (χ2n) is 6.68. The minimum atomic E-state index is 0.0472. The molecular formula is C21H24N4O2S. The van der Waals surface area contributed by atoms with Crippen molar-refractivity contribution < 1.29 is 9.15 Å². The molecule has 0 aliphatic carbocycles. The predicted octanol–water partition coefficient (Wildman–Crippen LogP) is 3.86. The summed E-state index contributed by atoms with van der Waals surface area (Å²) in [6, 6.07) is 12.4. The highest BCUT2D eigenvalue weighted by atomic mass is 32.1. The Bertz CT molecular complexity index is 936. The van der Waals surface area contributed by atoms with Crippen molar-refractivity contribution in [2.24, 2.45) is 4.99 Å². The van der Waals surface area contributed by atoms with Crippen molar-refractivity contribution in [2.75, 3.05) is 26.7 Å². The lowest BCUT2D eigenvalue weighted by molar-refractivity contribution is -0.00834. The van der Waals surface area contributed by atoms with Gasteiger partial charge in [0, 0.05) is 13.6 Å². The fraction of sp³-hybridized carbons (Fsp3) is 0.333. The number of hydrogen-bond donors (Lipinski definition) is 1. The first-order chi connectivity index (χ1) is 13.7. The van der Waals surface area contributed by atoms with E-state index in [-0.39, 0.29) is 6.10 Å². The molecule has 3 heterocycles. The van der Waals surface area contributed by atoms with Crippen molar-refractivity contribution in [3.05, 3.63) is 64.9 Å². The maximum Gasteiger partial charge on any atom is 0.236 e. The third-order valence-corrected chi connectivity index (χ3v) is 5.68. The van der Waals surface area contributed by atoms with Crippen molar-refractivity contribution in [1.82, 2.24) is 15.2 Å². The van der Waals surface area contributed by atoms with E-state index >= 15 is 0 Å². The Hall–Kier alpha value is -2.64. The smallest absolute Gasteiger partial charge is 0.236 e. The van der Waals surface area contributed by atoms with Gasteiger partial charge in [-0.05, 0) is 29.5 Å². The number of rotatable bonds is 4. The first-order valence-corrected chi connectivity index (χ1v) is 10.2. The number of aryl methyl sites for hydroxylation is 1. The van der Waals surface area contributed by atoms with E-state index in [9.17, 15) is 0 Å². The van der Waals surface area contributed by atoms with E-state index in [1.165, 1.54) is 11.1 Å². The van der Waals surface area contributed by atoms with Crippen molar-refractivity contribution in [1.29, 1.82) is 0 Å². The third kappa shape index (κ3) is 4.10. The van der Waals surface area contributed by atoms with Crippen LogP contribution in [0.3, 0.4) is 0 Å². The van der Waals surface area contributed by atoms with E-state index in [4.69, 9.17) is 9.15 Å². The number of ether oxygens (including phenoxy) is 1. The molecule has 1 aliphatic heterocycles. The van der Waals surface area contributed by atoms with Crippen molar-refractivity contribution in [3.8, 4) is 10.8 Å². The van der Waals surface area contributed by atoms with Gasteiger partial charge in [0.2, 0.25) is 5.89 Å². The van der Waals surface area contributed by atoms with Gasteiger partial charge in [-0.2, -0.15) is 0 Å². The van der Waals surface area contributed by atoms with Gasteiger partial charge in [0.05, 0.1) is 30.3 Å². The normalized spacial score (nSPS) is 17.7. The largest absolute Gasteiger partial charge is 0.443 e. The molecule has 0 amide bonds. The Labute approximate surface area is 168 Å². The van der Waals surface area contributed by atoms with Crippen molar-refractivity contribution in [2.45, 2.75) is 19.6 Å². The van der Waals surface area contributed by atoms with Crippen LogP contribution >= 0.6 is 11.3 Å². The van der Waals surface area contributed by atoms with Crippen LogP contribution in [0.5, 0.6) is 0 Å². The predicted molar refractivity (Wildman–Crippen MR) is 111 cm³/mol. The van der Waals surface area contributed by atoms with Gasteiger partial charge in [0.1, 0.15) is 12.4 Å². The van der Waals surface area contributed by atoms with Gasteiger partial charge in [-0.15, -0.1) is 11.3 Å². The lowest BCUT2D eigenvalue weighted by Gasteiger charge is -2.35. The number of aliphatic imine (C=N–C) groups is 1. The van der Waals surface area contributed by atoms with Gasteiger partial charge < -0.3 is 19.4 Å². The molecule has 7 heteroatoms. The van der Waals surface area contributed by atoms with Crippen molar-refractivity contribution >= 4 is 17.3 Å². The number of nitrogens with one attached hydrogen (secondary N) is 1. The van der Waals surface area contributed by atoms with Crippen LogP contribution in [0.4, 0.5) is 0 Å². The lowest BCUT2D eigenvalue weighted by Crippen LogP contribution is -2.48. The Morgan fingerprint density at radius 3 is 3.00 bits per heavy atom. The zero-order chi connectivity index (χ0) is 19.3. The summed E-state index contributed by atoms with van der Waals surface area (Å²) in [6.45, 7) is 4.94. The third-order valence-electron chi connectivity index (χ3n) is 4.82. The summed E-state index contributed by atoms with van der Waals surface area (Å²) in [5.74, 6) is 1.51. The maximum atomic E-state index is 6.03. The molecular weight excluding hydrogens is 372 g/mol. The first-order valence-electron chi connectivity index (χ1n) is 9.35. The zero-order valence-corrected chi connectivity index (χ0v) is 16.9. The Kier molecular flexibility index (Phi) is 5.73. The molecule has 6 nitrogen and oxygen atoms in total. The summed E-state index contributed by atoms with van der Waals surface area (Å²) < 4.78 is 11.6. The fourth-order valence-corrected chi connectivity index (χ4v) is 4.04. The molecule has 1 atom stereocenters. The molecule has 3 aromatic rings. The van der Waals surface area contributed by atoms with Crippen molar-refractivity contribution in [3.63, 3.8) is 0 Å². The van der Waals surface area contributed by atoms with Crippen LogP contribution in [0.2, 0.25) is 0 Å². The van der Waals surface area contributed by atoms with E-state index in [0.717, 1.165) is 29.6 Å². The number of morpholine rings is 1. The minimum Gasteiger partial charge on any atom is -0.443 e. The second kappa shape index (κ2) is 8.58. The van der Waals surface area contributed by atoms with E-state index in [0.29, 0.717) is 19.0 Å². The molecule has 1 aliphatic rings. The Morgan fingerprint density at radius 1 is 1.32 bits per heavy atom. The van der Waals surface area contributed by atoms with E-state index in [2.05, 4.69) is 51.4 Å². The van der Waals surface area contributed by atoms with Gasteiger partial charge in [0.15, 0.2) is 5.96 Å². The lowest BCUT2D eigenvalue weighted by atomic mass is 10.0. The topological polar surface area (TPSA) is 62.9 Å². The second-order valence-corrected chi connectivity index (χ2v) is 7.63. The molecule has 2 aromatic heterocycles. The zero-order valence-electron chi connectivity index (χ0n) is 16.1. The molecule has 0 spiro atoms. The highest BCUT2D eigenvalue weighted by Crippen LogP contribution is 2.25. The summed E-state index contributed by atoms with van der Waals surface area (Å²) in [7, 11) is 1.81. The number of nitrogens with zero attached hydrogens (tertiary/aromatic N) is 3. The van der Waals surface area contributed by atoms with E-state index < -0.39 is 0 Å². The van der Waals surface area contributed by atoms with Crippen LogP contribution in [0, 0.1) is 6.92 Å². The number of benzene rings is 1. The summed E-state index contributed by atoms with van der Waals surface area (Å²) in [5.41, 5.74) is 3.34. The van der Waals surface area contributed by atoms with Crippen LogP contribution in [0.25, 0.3) is 10.8 Å². The SMILES string of the molecule is CN=C(NCc1coc(-c2cccs2)n1)N1CCOC(c2ccccc2C)C1. The molecule has 0 saturated carbocycles. The van der Waals surface area contributed by atoms with Crippen LogP contribution in [0.15, 0.2) is 57.5 Å². The summed E-state index contributed by atoms with van der Waals surface area (Å²) in [5, 5.41) is 5.42. The van der Waals surface area contributed by atoms with E-state index in [1.54, 1.807) is 24.6 Å². The molecule has 28 heavy (non-hydrogen) atoms. The van der Waals surface area contributed by atoms with Gasteiger partial charge in [-0.3, -0.25) is 4.99 Å². The fourth-order valence-electron chi connectivity index (χ4n) is 3.38.